The van der Waals surface area contributed by atoms with E-state index in [0.717, 1.165) is 4.90 Å². The number of carbonyl (C=O) groups excluding carboxylic acids is 2. The highest BCUT2D eigenvalue weighted by Crippen LogP contribution is 2.17. The third-order valence-electron chi connectivity index (χ3n) is 2.12. The second-order valence-corrected chi connectivity index (χ2v) is 5.05. The van der Waals surface area contributed by atoms with Crippen molar-refractivity contribution in [3.05, 3.63) is 36.2 Å². The number of hydrogen-bond acceptors (Lipinski definition) is 5. The third kappa shape index (κ3) is 4.89. The van der Waals surface area contributed by atoms with E-state index >= 15 is 0 Å². The van der Waals surface area contributed by atoms with E-state index in [1.165, 1.54) is 12.3 Å². The third-order valence-corrected chi connectivity index (χ3v) is 2.12. The highest BCUT2D eigenvalue weighted by atomic mass is 16.6. The first-order chi connectivity index (χ1) is 9.35. The molecule has 0 aromatic heterocycles. The molecular weight excluding hydrogens is 260 g/mol. The molecule has 1 rings (SSSR count). The van der Waals surface area contributed by atoms with Crippen LogP contribution in [0.4, 0.5) is 4.79 Å². The first-order valence-corrected chi connectivity index (χ1v) is 6.29. The monoisotopic (exact) mass is 280 g/mol. The van der Waals surface area contributed by atoms with Gasteiger partial charge in [0.1, 0.15) is 17.9 Å². The van der Waals surface area contributed by atoms with E-state index in [9.17, 15) is 9.59 Å². The van der Waals surface area contributed by atoms with E-state index < -0.39 is 17.7 Å². The zero-order valence-corrected chi connectivity index (χ0v) is 12.0. The molecule has 6 nitrogen and oxygen atoms in total. The Hall–Kier alpha value is -2.08. The predicted octanol–water partition coefficient (Wildman–Crippen LogP) is 1.69. The van der Waals surface area contributed by atoms with Gasteiger partial charge < -0.3 is 15.2 Å². The van der Waals surface area contributed by atoms with Crippen LogP contribution < -0.4 is 5.73 Å². The van der Waals surface area contributed by atoms with E-state index in [-0.39, 0.29) is 18.8 Å². The van der Waals surface area contributed by atoms with Crippen LogP contribution in [0.5, 0.6) is 0 Å². The van der Waals surface area contributed by atoms with Gasteiger partial charge in [-0.3, -0.25) is 0 Å². The molecule has 0 aromatic rings. The minimum absolute atomic E-state index is 0.0815. The minimum Gasteiger partial charge on any atom is -0.455 e. The molecule has 0 aromatic carbocycles. The Labute approximate surface area is 118 Å². The molecule has 1 aliphatic rings. The van der Waals surface area contributed by atoms with Crippen molar-refractivity contribution < 1.29 is 19.1 Å². The van der Waals surface area contributed by atoms with Crippen LogP contribution >= 0.6 is 0 Å². The van der Waals surface area contributed by atoms with Crippen molar-refractivity contribution in [2.45, 2.75) is 26.4 Å². The summed E-state index contributed by atoms with van der Waals surface area (Å²) in [6.07, 6.45) is 7.23. The van der Waals surface area contributed by atoms with E-state index in [4.69, 9.17) is 15.2 Å². The van der Waals surface area contributed by atoms with Crippen molar-refractivity contribution in [2.24, 2.45) is 5.73 Å². The highest BCUT2D eigenvalue weighted by Gasteiger charge is 2.27. The minimum atomic E-state index is -0.674. The van der Waals surface area contributed by atoms with Crippen molar-refractivity contribution in [3.63, 3.8) is 0 Å². The molecular formula is C14H20N2O4. The summed E-state index contributed by atoms with van der Waals surface area (Å²) in [6, 6.07) is 0. The van der Waals surface area contributed by atoms with Gasteiger partial charge in [-0.05, 0) is 32.9 Å². The van der Waals surface area contributed by atoms with Crippen LogP contribution in [0.3, 0.4) is 0 Å². The molecule has 0 unspecified atom stereocenters. The molecule has 1 amide bonds. The number of nitrogens with zero attached hydrogens (tertiary/aromatic N) is 1. The van der Waals surface area contributed by atoms with Crippen LogP contribution in [0.1, 0.15) is 20.8 Å². The first kappa shape index (κ1) is 16.0. The summed E-state index contributed by atoms with van der Waals surface area (Å²) >= 11 is 0. The molecule has 0 fully saturated rings. The van der Waals surface area contributed by atoms with Gasteiger partial charge in [0.2, 0.25) is 0 Å². The maximum Gasteiger partial charge on any atom is 0.418 e. The summed E-state index contributed by atoms with van der Waals surface area (Å²) < 4.78 is 10.2. The second-order valence-electron chi connectivity index (χ2n) is 5.05. The van der Waals surface area contributed by atoms with Crippen LogP contribution in [0.25, 0.3) is 0 Å². The van der Waals surface area contributed by atoms with Gasteiger partial charge in [-0.15, -0.1) is 0 Å². The van der Waals surface area contributed by atoms with E-state index in [1.54, 1.807) is 39.0 Å². The lowest BCUT2D eigenvalue weighted by atomic mass is 10.2. The van der Waals surface area contributed by atoms with Gasteiger partial charge in [0, 0.05) is 12.7 Å². The summed E-state index contributed by atoms with van der Waals surface area (Å²) in [7, 11) is 0. The van der Waals surface area contributed by atoms with Crippen LogP contribution in [0.2, 0.25) is 0 Å². The summed E-state index contributed by atoms with van der Waals surface area (Å²) in [5.74, 6) is -0.599. The van der Waals surface area contributed by atoms with Crippen molar-refractivity contribution in [1.29, 1.82) is 0 Å². The van der Waals surface area contributed by atoms with E-state index in [0.29, 0.717) is 0 Å². The topological polar surface area (TPSA) is 81.9 Å². The molecule has 0 atom stereocenters. The number of nitrogens with two attached hydrogens (primary N) is 1. The van der Waals surface area contributed by atoms with E-state index in [2.05, 4.69) is 0 Å². The summed E-state index contributed by atoms with van der Waals surface area (Å²) in [4.78, 5) is 25.1. The quantitative estimate of drug-likeness (QED) is 0.796. The molecule has 1 heterocycles. The Kier molecular flexibility index (Phi) is 5.52. The Morgan fingerprint density at radius 2 is 1.95 bits per heavy atom. The maximum absolute atomic E-state index is 12.1. The van der Waals surface area contributed by atoms with Gasteiger partial charge in [-0.2, -0.15) is 0 Å². The molecule has 2 N–H and O–H groups in total. The van der Waals surface area contributed by atoms with Gasteiger partial charge in [0.15, 0.2) is 0 Å². The number of allylic oxidation sites excluding steroid dienone is 4. The van der Waals surface area contributed by atoms with Crippen LogP contribution in [0, 0.1) is 0 Å². The lowest BCUT2D eigenvalue weighted by Crippen LogP contribution is -2.34. The number of carbonyl (C=O) groups is 2. The Morgan fingerprint density at radius 3 is 2.55 bits per heavy atom. The fraction of sp³-hybridized carbons (Fsp3) is 0.429. The van der Waals surface area contributed by atoms with Gasteiger partial charge in [0.25, 0.3) is 0 Å². The Morgan fingerprint density at radius 1 is 1.25 bits per heavy atom. The molecule has 0 radical (unpaired) electrons. The zero-order chi connectivity index (χ0) is 15.2. The average Bonchev–Trinajstić information content (AvgIpc) is 2.59. The lowest BCUT2D eigenvalue weighted by molar-refractivity contribution is -0.151. The average molecular weight is 280 g/mol. The van der Waals surface area contributed by atoms with Gasteiger partial charge in [0.05, 0.1) is 0 Å². The molecule has 0 saturated heterocycles. The zero-order valence-electron chi connectivity index (χ0n) is 12.0. The number of rotatable bonds is 3. The van der Waals surface area contributed by atoms with Gasteiger partial charge in [-0.25, -0.2) is 14.5 Å². The number of esters is 1. The lowest BCUT2D eigenvalue weighted by Gasteiger charge is -2.24. The van der Waals surface area contributed by atoms with Crippen molar-refractivity contribution >= 4 is 12.1 Å². The van der Waals surface area contributed by atoms with Crippen LogP contribution in [-0.2, 0) is 14.3 Å². The number of amides is 1. The summed E-state index contributed by atoms with van der Waals surface area (Å²) in [5, 5.41) is 0. The first-order valence-electron chi connectivity index (χ1n) is 6.29. The molecule has 0 saturated carbocycles. The molecule has 110 valence electrons. The Bertz CT molecular complexity index is 458. The smallest absolute Gasteiger partial charge is 0.418 e. The van der Waals surface area contributed by atoms with Gasteiger partial charge in [-0.1, -0.05) is 12.2 Å². The van der Waals surface area contributed by atoms with E-state index in [1.807, 2.05) is 0 Å². The number of ether oxygens (including phenoxy) is 2. The largest absolute Gasteiger partial charge is 0.455 e. The van der Waals surface area contributed by atoms with Crippen LogP contribution in [-0.4, -0.2) is 35.7 Å². The molecule has 0 spiro atoms. The van der Waals surface area contributed by atoms with Crippen molar-refractivity contribution in [3.8, 4) is 0 Å². The molecule has 20 heavy (non-hydrogen) atoms. The molecule has 0 aliphatic carbocycles. The number of hydrogen-bond donors (Lipinski definition) is 1. The molecule has 1 aliphatic heterocycles. The van der Waals surface area contributed by atoms with Crippen molar-refractivity contribution in [1.82, 2.24) is 4.90 Å². The van der Waals surface area contributed by atoms with Crippen molar-refractivity contribution in [2.75, 3.05) is 13.2 Å². The normalized spacial score (nSPS) is 14.6. The second kappa shape index (κ2) is 6.91. The fourth-order valence-corrected chi connectivity index (χ4v) is 1.38. The summed E-state index contributed by atoms with van der Waals surface area (Å²) in [6.45, 7) is 5.56. The van der Waals surface area contributed by atoms with Crippen LogP contribution in [0.15, 0.2) is 36.2 Å². The molecule has 0 bridgehead atoms. The highest BCUT2D eigenvalue weighted by molar-refractivity contribution is 5.93. The molecule has 6 heteroatoms. The Balaban J connectivity index is 2.90. The maximum atomic E-state index is 12.1. The SMILES string of the molecule is CC(C)(C)OC(=O)C1=CC=CC=CN1C(=O)OCCN. The fourth-order valence-electron chi connectivity index (χ4n) is 1.38. The van der Waals surface area contributed by atoms with Gasteiger partial charge >= 0.3 is 12.1 Å². The standard InChI is InChI=1S/C14H20N2O4/c1-14(2,3)20-12(17)11-7-5-4-6-9-16(11)13(18)19-10-8-15/h4-7,9H,8,10,15H2,1-3H3. The summed E-state index contributed by atoms with van der Waals surface area (Å²) in [5.41, 5.74) is 4.72. The predicted molar refractivity (Wildman–Crippen MR) is 74.4 cm³/mol.